The summed E-state index contributed by atoms with van der Waals surface area (Å²) >= 11 is 0. The molecular formula is C4F7N. The fourth-order valence-electron chi connectivity index (χ4n) is 0.287. The molecule has 0 aromatic carbocycles. The Bertz CT molecular complexity index is 191. The van der Waals surface area contributed by atoms with Crippen LogP contribution in [-0.2, 0) is 0 Å². The Balaban J connectivity index is 5.14. The average molecular weight is 195 g/mol. The Kier molecular flexibility index (Phi) is 2.29. The molecule has 12 heavy (non-hydrogen) atoms. The van der Waals surface area contributed by atoms with Crippen molar-refractivity contribution in [3.63, 3.8) is 0 Å². The Morgan fingerprint density at radius 3 is 1.00 bits per heavy atom. The van der Waals surface area contributed by atoms with Crippen LogP contribution in [-0.4, -0.2) is 18.0 Å². The molecule has 0 aliphatic rings. The second kappa shape index (κ2) is 2.50. The van der Waals surface area contributed by atoms with E-state index in [9.17, 15) is 30.7 Å². The number of hydrogen-bond donors (Lipinski definition) is 0. The minimum Gasteiger partial charge on any atom is -0.207 e. The van der Waals surface area contributed by atoms with Gasteiger partial charge in [0.2, 0.25) is 0 Å². The molecule has 0 heterocycles. The minimum absolute atomic E-state index is 0.458. The highest BCUT2D eigenvalue weighted by molar-refractivity contribution is 5.11. The van der Waals surface area contributed by atoms with Gasteiger partial charge < -0.3 is 0 Å². The van der Waals surface area contributed by atoms with Crippen molar-refractivity contribution in [3.05, 3.63) is 0 Å². The third kappa shape index (κ3) is 1.44. The summed E-state index contributed by atoms with van der Waals surface area (Å²) in [5.41, 5.74) is -5.78. The molecule has 0 amide bonds. The third-order valence-corrected chi connectivity index (χ3v) is 0.935. The molecule has 0 radical (unpaired) electrons. The van der Waals surface area contributed by atoms with E-state index in [4.69, 9.17) is 5.26 Å². The normalized spacial score (nSPS) is 14.2. The molecule has 0 aromatic rings. The molecular weight excluding hydrogens is 195 g/mol. The van der Waals surface area contributed by atoms with E-state index in [0.717, 1.165) is 0 Å². The van der Waals surface area contributed by atoms with Crippen molar-refractivity contribution in [2.24, 2.45) is 0 Å². The summed E-state index contributed by atoms with van der Waals surface area (Å²) in [6.07, 6.45) is -12.5. The topological polar surface area (TPSA) is 23.8 Å². The summed E-state index contributed by atoms with van der Waals surface area (Å²) in [5.74, 6) is 0. The minimum atomic E-state index is -6.26. The Morgan fingerprint density at radius 1 is 0.750 bits per heavy atom. The number of hydrogen-bond acceptors (Lipinski definition) is 1. The summed E-state index contributed by atoms with van der Waals surface area (Å²) in [6, 6.07) is -0.458. The maximum absolute atomic E-state index is 11.9. The van der Waals surface area contributed by atoms with Crippen LogP contribution in [0.15, 0.2) is 0 Å². The molecule has 0 saturated carbocycles. The van der Waals surface area contributed by atoms with Gasteiger partial charge >= 0.3 is 18.0 Å². The van der Waals surface area contributed by atoms with E-state index in [1.54, 1.807) is 0 Å². The van der Waals surface area contributed by atoms with Gasteiger partial charge in [0.1, 0.15) is 6.07 Å². The van der Waals surface area contributed by atoms with E-state index in [-0.39, 0.29) is 0 Å². The van der Waals surface area contributed by atoms with Crippen LogP contribution in [0.2, 0.25) is 0 Å². The van der Waals surface area contributed by atoms with Crippen molar-refractivity contribution < 1.29 is 30.7 Å². The second-order valence-corrected chi connectivity index (χ2v) is 1.77. The lowest BCUT2D eigenvalue weighted by molar-refractivity contribution is -0.318. The van der Waals surface area contributed by atoms with Crippen LogP contribution in [0.5, 0.6) is 0 Å². The van der Waals surface area contributed by atoms with Crippen LogP contribution in [0.4, 0.5) is 30.7 Å². The molecule has 0 bridgehead atoms. The second-order valence-electron chi connectivity index (χ2n) is 1.77. The van der Waals surface area contributed by atoms with E-state index in [1.165, 1.54) is 0 Å². The van der Waals surface area contributed by atoms with Gasteiger partial charge in [-0.1, -0.05) is 0 Å². The molecule has 0 fully saturated rings. The first-order valence-corrected chi connectivity index (χ1v) is 2.30. The van der Waals surface area contributed by atoms with Gasteiger partial charge in [0.15, 0.2) is 0 Å². The van der Waals surface area contributed by atoms with Crippen LogP contribution in [0, 0.1) is 11.3 Å². The summed E-state index contributed by atoms with van der Waals surface area (Å²) in [5, 5.41) is 7.39. The summed E-state index contributed by atoms with van der Waals surface area (Å²) in [6.45, 7) is 0. The van der Waals surface area contributed by atoms with Crippen LogP contribution in [0.1, 0.15) is 0 Å². The maximum atomic E-state index is 11.9. The van der Waals surface area contributed by atoms with Crippen LogP contribution in [0.25, 0.3) is 0 Å². The van der Waals surface area contributed by atoms with Crippen LogP contribution in [0.3, 0.4) is 0 Å². The van der Waals surface area contributed by atoms with E-state index in [1.807, 2.05) is 0 Å². The van der Waals surface area contributed by atoms with Gasteiger partial charge in [-0.15, -0.1) is 0 Å². The quantitative estimate of drug-likeness (QED) is 0.544. The Morgan fingerprint density at radius 2 is 1.00 bits per heavy atom. The highest BCUT2D eigenvalue weighted by Crippen LogP contribution is 2.45. The van der Waals surface area contributed by atoms with Gasteiger partial charge in [-0.05, 0) is 0 Å². The monoisotopic (exact) mass is 195 g/mol. The van der Waals surface area contributed by atoms with Gasteiger partial charge in [-0.3, -0.25) is 0 Å². The van der Waals surface area contributed by atoms with Crippen molar-refractivity contribution >= 4 is 0 Å². The van der Waals surface area contributed by atoms with Gasteiger partial charge in [0.05, 0.1) is 0 Å². The van der Waals surface area contributed by atoms with E-state index < -0.39 is 24.1 Å². The van der Waals surface area contributed by atoms with Crippen molar-refractivity contribution in [2.75, 3.05) is 0 Å². The summed E-state index contributed by atoms with van der Waals surface area (Å²) in [7, 11) is 0. The lowest BCUT2D eigenvalue weighted by atomic mass is 10.1. The molecule has 1 nitrogen and oxygen atoms in total. The maximum Gasteiger partial charge on any atom is 0.445 e. The number of nitrogens with zero attached hydrogens (tertiary/aromatic N) is 1. The van der Waals surface area contributed by atoms with Crippen molar-refractivity contribution in [1.29, 1.82) is 5.26 Å². The van der Waals surface area contributed by atoms with E-state index in [0.29, 0.717) is 0 Å². The zero-order valence-electron chi connectivity index (χ0n) is 5.09. The predicted molar refractivity (Wildman–Crippen MR) is 21.6 cm³/mol. The Hall–Kier alpha value is -1.00. The number of alkyl halides is 7. The molecule has 0 spiro atoms. The van der Waals surface area contributed by atoms with Gasteiger partial charge in [0.25, 0.3) is 0 Å². The Labute approximate surface area is 61.4 Å². The van der Waals surface area contributed by atoms with Gasteiger partial charge in [0, 0.05) is 0 Å². The number of halogens is 7. The molecule has 8 heteroatoms. The fraction of sp³-hybridized carbons (Fsp3) is 0.750. The van der Waals surface area contributed by atoms with Crippen molar-refractivity contribution in [1.82, 2.24) is 0 Å². The molecule has 0 unspecified atom stereocenters. The number of rotatable bonds is 0. The molecule has 0 rings (SSSR count). The predicted octanol–water partition coefficient (Wildman–Crippen LogP) is 2.34. The third-order valence-electron chi connectivity index (χ3n) is 0.935. The lowest BCUT2D eigenvalue weighted by Gasteiger charge is -2.22. The zero-order chi connectivity index (χ0) is 10.2. The molecule has 0 aliphatic heterocycles. The number of nitriles is 1. The largest absolute Gasteiger partial charge is 0.445 e. The molecule has 0 atom stereocenters. The van der Waals surface area contributed by atoms with Crippen LogP contribution >= 0.6 is 0 Å². The van der Waals surface area contributed by atoms with E-state index >= 15 is 0 Å². The smallest absolute Gasteiger partial charge is 0.207 e. The van der Waals surface area contributed by atoms with Crippen molar-refractivity contribution in [2.45, 2.75) is 18.0 Å². The SMILES string of the molecule is N#CC(F)(C(F)(F)F)C(F)(F)F. The molecule has 0 aliphatic carbocycles. The van der Waals surface area contributed by atoms with Gasteiger partial charge in [-0.2, -0.15) is 31.6 Å². The van der Waals surface area contributed by atoms with Crippen LogP contribution < -0.4 is 0 Å². The lowest BCUT2D eigenvalue weighted by Crippen LogP contribution is -2.51. The molecule has 0 aromatic heterocycles. The van der Waals surface area contributed by atoms with Crippen molar-refractivity contribution in [3.8, 4) is 6.07 Å². The van der Waals surface area contributed by atoms with E-state index in [2.05, 4.69) is 0 Å². The highest BCUT2D eigenvalue weighted by Gasteiger charge is 2.73. The first-order valence-electron chi connectivity index (χ1n) is 2.30. The molecule has 70 valence electrons. The summed E-state index contributed by atoms with van der Waals surface area (Å²) < 4.78 is 79.6. The summed E-state index contributed by atoms with van der Waals surface area (Å²) in [4.78, 5) is 0. The zero-order valence-corrected chi connectivity index (χ0v) is 5.09. The van der Waals surface area contributed by atoms with Gasteiger partial charge in [-0.25, -0.2) is 4.39 Å². The highest BCUT2D eigenvalue weighted by atomic mass is 19.4. The average Bonchev–Trinajstić information content (AvgIpc) is 1.81. The first-order chi connectivity index (χ1) is 5.06. The first kappa shape index (κ1) is 11.0. The molecule has 0 saturated heterocycles. The molecule has 0 N–H and O–H groups in total. The fourth-order valence-corrected chi connectivity index (χ4v) is 0.287. The standard InChI is InChI=1S/C4F7N/c5-2(1-12,3(6,7)8)4(9,10)11.